The van der Waals surface area contributed by atoms with Crippen molar-refractivity contribution in [1.82, 2.24) is 10.3 Å². The first-order valence-electron chi connectivity index (χ1n) is 7.95. The van der Waals surface area contributed by atoms with Crippen molar-refractivity contribution in [2.24, 2.45) is 0 Å². The van der Waals surface area contributed by atoms with E-state index in [1.54, 1.807) is 6.20 Å². The number of rotatable bonds is 4. The van der Waals surface area contributed by atoms with Crippen LogP contribution in [0, 0.1) is 0 Å². The summed E-state index contributed by atoms with van der Waals surface area (Å²) in [6.45, 7) is 0.728. The van der Waals surface area contributed by atoms with Crippen LogP contribution in [-0.4, -0.2) is 23.5 Å². The Morgan fingerprint density at radius 3 is 2.71 bits per heavy atom. The molecule has 1 atom stereocenters. The number of hydrogen-bond donors (Lipinski definition) is 2. The van der Waals surface area contributed by atoms with E-state index in [1.807, 2.05) is 54.6 Å². The van der Waals surface area contributed by atoms with Gasteiger partial charge in [-0.1, -0.05) is 18.2 Å². The number of para-hydroxylation sites is 1. The highest BCUT2D eigenvalue weighted by Gasteiger charge is 2.23. The fourth-order valence-electron chi connectivity index (χ4n) is 2.84. The Hall–Kier alpha value is -3.08. The molecule has 1 amide bonds. The maximum atomic E-state index is 11.6. The summed E-state index contributed by atoms with van der Waals surface area (Å²) in [5.41, 5.74) is 1.74. The summed E-state index contributed by atoms with van der Waals surface area (Å²) in [6, 6.07) is 17.2. The summed E-state index contributed by atoms with van der Waals surface area (Å²) in [5.74, 6) is 1.51. The van der Waals surface area contributed by atoms with Crippen LogP contribution >= 0.6 is 0 Å². The lowest BCUT2D eigenvalue weighted by molar-refractivity contribution is -0.119. The van der Waals surface area contributed by atoms with Gasteiger partial charge in [0, 0.05) is 23.8 Å². The molecule has 0 radical (unpaired) electrons. The third-order valence-electron chi connectivity index (χ3n) is 4.07. The minimum atomic E-state index is -0.154. The molecule has 1 aromatic heterocycles. The first-order valence-corrected chi connectivity index (χ1v) is 7.95. The number of benzene rings is 2. The van der Waals surface area contributed by atoms with E-state index in [9.17, 15) is 4.79 Å². The highest BCUT2D eigenvalue weighted by Crippen LogP contribution is 2.29. The molecule has 0 bridgehead atoms. The third kappa shape index (κ3) is 2.88. The van der Waals surface area contributed by atoms with Gasteiger partial charge >= 0.3 is 0 Å². The van der Waals surface area contributed by atoms with E-state index in [4.69, 9.17) is 4.74 Å². The number of anilines is 1. The lowest BCUT2D eigenvalue weighted by Crippen LogP contribution is -2.29. The van der Waals surface area contributed by atoms with Crippen molar-refractivity contribution in [1.29, 1.82) is 0 Å². The standard InChI is InChI=1S/C19H17N3O2/c23-19-16(10-12-21-19)22-14-6-8-15(9-7-14)24-17-5-1-3-13-4-2-11-20-18(13)17/h1-9,11,16,22H,10,12H2,(H,21,23)/t16-/m0/s1. The molecular formula is C19H17N3O2. The number of aromatic nitrogens is 1. The molecule has 1 fully saturated rings. The van der Waals surface area contributed by atoms with Gasteiger partial charge in [-0.05, 0) is 42.8 Å². The maximum absolute atomic E-state index is 11.6. The summed E-state index contributed by atoms with van der Waals surface area (Å²) in [6.07, 6.45) is 2.56. The van der Waals surface area contributed by atoms with Gasteiger partial charge in [0.05, 0.1) is 0 Å². The van der Waals surface area contributed by atoms with E-state index in [0.29, 0.717) is 0 Å². The molecule has 4 rings (SSSR count). The molecule has 2 aromatic carbocycles. The molecule has 0 saturated carbocycles. The lowest BCUT2D eigenvalue weighted by atomic mass is 10.2. The number of hydrogen-bond acceptors (Lipinski definition) is 4. The molecule has 2 heterocycles. The Morgan fingerprint density at radius 2 is 1.92 bits per heavy atom. The summed E-state index contributed by atoms with van der Waals surface area (Å²) < 4.78 is 5.97. The topological polar surface area (TPSA) is 63.2 Å². The van der Waals surface area contributed by atoms with Crippen LogP contribution in [0.15, 0.2) is 60.8 Å². The van der Waals surface area contributed by atoms with Gasteiger partial charge in [-0.2, -0.15) is 0 Å². The Morgan fingerprint density at radius 1 is 1.08 bits per heavy atom. The van der Waals surface area contributed by atoms with Crippen LogP contribution in [-0.2, 0) is 4.79 Å². The first kappa shape index (κ1) is 14.5. The fraction of sp³-hybridized carbons (Fsp3) is 0.158. The van der Waals surface area contributed by atoms with Gasteiger partial charge in [0.2, 0.25) is 5.91 Å². The van der Waals surface area contributed by atoms with Gasteiger partial charge in [0.1, 0.15) is 17.3 Å². The summed E-state index contributed by atoms with van der Waals surface area (Å²) >= 11 is 0. The van der Waals surface area contributed by atoms with Gasteiger partial charge in [-0.25, -0.2) is 0 Å². The van der Waals surface area contributed by atoms with Crippen molar-refractivity contribution in [3.8, 4) is 11.5 Å². The summed E-state index contributed by atoms with van der Waals surface area (Å²) in [5, 5.41) is 7.09. The summed E-state index contributed by atoms with van der Waals surface area (Å²) in [4.78, 5) is 16.0. The van der Waals surface area contributed by atoms with Gasteiger partial charge in [0.15, 0.2) is 5.75 Å². The van der Waals surface area contributed by atoms with Crippen molar-refractivity contribution in [2.45, 2.75) is 12.5 Å². The predicted octanol–water partition coefficient (Wildman–Crippen LogP) is 3.33. The van der Waals surface area contributed by atoms with Crippen LogP contribution in [0.5, 0.6) is 11.5 Å². The molecule has 24 heavy (non-hydrogen) atoms. The van der Waals surface area contributed by atoms with Crippen LogP contribution in [0.25, 0.3) is 10.9 Å². The molecular weight excluding hydrogens is 302 g/mol. The third-order valence-corrected chi connectivity index (χ3v) is 4.07. The van der Waals surface area contributed by atoms with Gasteiger partial charge < -0.3 is 15.4 Å². The molecule has 1 saturated heterocycles. The van der Waals surface area contributed by atoms with Crippen molar-refractivity contribution in [3.63, 3.8) is 0 Å². The zero-order valence-electron chi connectivity index (χ0n) is 13.0. The van der Waals surface area contributed by atoms with Crippen molar-refractivity contribution < 1.29 is 9.53 Å². The average Bonchev–Trinajstić information content (AvgIpc) is 3.02. The van der Waals surface area contributed by atoms with E-state index in [0.717, 1.165) is 41.1 Å². The van der Waals surface area contributed by atoms with Gasteiger partial charge in [-0.15, -0.1) is 0 Å². The van der Waals surface area contributed by atoms with Crippen molar-refractivity contribution in [2.75, 3.05) is 11.9 Å². The fourth-order valence-corrected chi connectivity index (χ4v) is 2.84. The number of carbonyl (C=O) groups is 1. The van der Waals surface area contributed by atoms with Crippen molar-refractivity contribution in [3.05, 3.63) is 60.8 Å². The number of nitrogens with one attached hydrogen (secondary N) is 2. The number of nitrogens with zero attached hydrogens (tertiary/aromatic N) is 1. The Labute approximate surface area is 139 Å². The lowest BCUT2D eigenvalue weighted by Gasteiger charge is -2.12. The van der Waals surface area contributed by atoms with Crippen molar-refractivity contribution >= 4 is 22.5 Å². The Balaban J connectivity index is 1.51. The highest BCUT2D eigenvalue weighted by molar-refractivity contribution is 5.86. The minimum absolute atomic E-state index is 0.0529. The molecule has 1 aliphatic rings. The molecule has 0 spiro atoms. The van der Waals surface area contributed by atoms with Gasteiger partial charge in [0.25, 0.3) is 0 Å². The quantitative estimate of drug-likeness (QED) is 0.774. The molecule has 5 nitrogen and oxygen atoms in total. The van der Waals surface area contributed by atoms with E-state index in [-0.39, 0.29) is 11.9 Å². The SMILES string of the molecule is O=C1NCC[C@@H]1Nc1ccc(Oc2cccc3cccnc23)cc1. The Kier molecular flexibility index (Phi) is 3.75. The second-order valence-electron chi connectivity index (χ2n) is 5.73. The van der Waals surface area contributed by atoms with Gasteiger partial charge in [-0.3, -0.25) is 9.78 Å². The summed E-state index contributed by atoms with van der Waals surface area (Å²) in [7, 11) is 0. The zero-order chi connectivity index (χ0) is 16.4. The van der Waals surface area contributed by atoms with E-state index in [2.05, 4.69) is 15.6 Å². The van der Waals surface area contributed by atoms with Crippen LogP contribution in [0.3, 0.4) is 0 Å². The van der Waals surface area contributed by atoms with E-state index in [1.165, 1.54) is 0 Å². The van der Waals surface area contributed by atoms with E-state index < -0.39 is 0 Å². The molecule has 0 aliphatic carbocycles. The number of amides is 1. The molecule has 2 N–H and O–H groups in total. The normalized spacial score (nSPS) is 16.8. The number of pyridine rings is 1. The first-order chi connectivity index (χ1) is 11.8. The largest absolute Gasteiger partial charge is 0.455 e. The monoisotopic (exact) mass is 319 g/mol. The number of carbonyl (C=O) groups excluding carboxylic acids is 1. The molecule has 0 unspecified atom stereocenters. The van der Waals surface area contributed by atoms with E-state index >= 15 is 0 Å². The number of fused-ring (bicyclic) bond motifs is 1. The maximum Gasteiger partial charge on any atom is 0.242 e. The smallest absolute Gasteiger partial charge is 0.242 e. The highest BCUT2D eigenvalue weighted by atomic mass is 16.5. The predicted molar refractivity (Wildman–Crippen MR) is 93.3 cm³/mol. The minimum Gasteiger partial charge on any atom is -0.455 e. The average molecular weight is 319 g/mol. The number of ether oxygens (including phenoxy) is 1. The molecule has 120 valence electrons. The Bertz CT molecular complexity index is 872. The van der Waals surface area contributed by atoms with Crippen LogP contribution in [0.2, 0.25) is 0 Å². The second-order valence-corrected chi connectivity index (χ2v) is 5.73. The molecule has 3 aromatic rings. The molecule has 1 aliphatic heterocycles. The second kappa shape index (κ2) is 6.20. The van der Waals surface area contributed by atoms with Crippen LogP contribution in [0.4, 0.5) is 5.69 Å². The zero-order valence-corrected chi connectivity index (χ0v) is 13.0. The van der Waals surface area contributed by atoms with Crippen LogP contribution < -0.4 is 15.4 Å². The molecule has 5 heteroatoms. The van der Waals surface area contributed by atoms with Crippen LogP contribution in [0.1, 0.15) is 6.42 Å².